The molecule has 0 unspecified atom stereocenters. The van der Waals surface area contributed by atoms with E-state index in [1.54, 1.807) is 0 Å². The molecular weight excluding hydrogens is 164 g/mol. The Bertz CT molecular complexity index is 312. The van der Waals surface area contributed by atoms with Gasteiger partial charge in [-0.15, -0.1) is 0 Å². The summed E-state index contributed by atoms with van der Waals surface area (Å²) in [7, 11) is 2.08. The van der Waals surface area contributed by atoms with Crippen LogP contribution in [0.3, 0.4) is 0 Å². The number of hydrogen-bond donors (Lipinski definition) is 1. The topological polar surface area (TPSA) is 38.5 Å². The lowest BCUT2D eigenvalue weighted by Crippen LogP contribution is -2.20. The average molecular weight is 178 g/mol. The van der Waals surface area contributed by atoms with Crippen LogP contribution in [0.2, 0.25) is 0 Å². The molecule has 0 amide bonds. The van der Waals surface area contributed by atoms with E-state index >= 15 is 0 Å². The fourth-order valence-electron chi connectivity index (χ4n) is 1.55. The quantitative estimate of drug-likeness (QED) is 0.604. The fourth-order valence-corrected chi connectivity index (χ4v) is 1.55. The first kappa shape index (κ1) is 8.38. The highest BCUT2D eigenvalue weighted by atomic mass is 16.5. The molecule has 1 heterocycles. The van der Waals surface area contributed by atoms with E-state index < -0.39 is 0 Å². The second-order valence-corrected chi connectivity index (χ2v) is 3.45. The van der Waals surface area contributed by atoms with Crippen molar-refractivity contribution in [1.29, 1.82) is 0 Å². The van der Waals surface area contributed by atoms with Crippen molar-refractivity contribution in [2.24, 2.45) is 0 Å². The molecule has 0 aliphatic carbocycles. The molecule has 2 rings (SSSR count). The van der Waals surface area contributed by atoms with Gasteiger partial charge in [0, 0.05) is 24.3 Å². The summed E-state index contributed by atoms with van der Waals surface area (Å²) < 4.78 is 5.58. The zero-order valence-electron chi connectivity index (χ0n) is 7.79. The molecule has 2 N–H and O–H groups in total. The number of likely N-dealkylation sites (N-methyl/N-ethyl adjacent to an activating group) is 1. The van der Waals surface area contributed by atoms with Crippen LogP contribution in [0, 0.1) is 0 Å². The summed E-state index contributed by atoms with van der Waals surface area (Å²) in [6.45, 7) is 2.64. The van der Waals surface area contributed by atoms with Crippen molar-refractivity contribution in [3.8, 4) is 5.75 Å². The van der Waals surface area contributed by atoms with Crippen LogP contribution in [0.25, 0.3) is 0 Å². The lowest BCUT2D eigenvalue weighted by atomic mass is 10.2. The van der Waals surface area contributed by atoms with Crippen molar-refractivity contribution in [2.45, 2.75) is 6.54 Å². The van der Waals surface area contributed by atoms with Crippen molar-refractivity contribution in [3.63, 3.8) is 0 Å². The molecule has 13 heavy (non-hydrogen) atoms. The molecule has 0 spiro atoms. The smallest absolute Gasteiger partial charge is 0.124 e. The van der Waals surface area contributed by atoms with Gasteiger partial charge in [0.15, 0.2) is 0 Å². The van der Waals surface area contributed by atoms with E-state index in [0.29, 0.717) is 0 Å². The first-order chi connectivity index (χ1) is 6.25. The highest BCUT2D eigenvalue weighted by Gasteiger charge is 2.11. The molecule has 0 saturated heterocycles. The number of nitrogens with two attached hydrogens (primary N) is 1. The number of nitrogens with zero attached hydrogens (tertiary/aromatic N) is 1. The van der Waals surface area contributed by atoms with Gasteiger partial charge < -0.3 is 10.5 Å². The predicted octanol–water partition coefficient (Wildman–Crippen LogP) is 1.09. The molecule has 0 fully saturated rings. The molecule has 1 aromatic rings. The zero-order chi connectivity index (χ0) is 9.26. The van der Waals surface area contributed by atoms with Gasteiger partial charge in [-0.3, -0.25) is 4.90 Å². The van der Waals surface area contributed by atoms with Gasteiger partial charge in [0.05, 0.1) is 0 Å². The molecule has 3 heteroatoms. The molecule has 1 aromatic carbocycles. The third-order valence-electron chi connectivity index (χ3n) is 2.26. The molecule has 0 bridgehead atoms. The maximum atomic E-state index is 5.70. The molecule has 0 saturated carbocycles. The Hall–Kier alpha value is -1.22. The van der Waals surface area contributed by atoms with Crippen LogP contribution in [-0.2, 0) is 6.54 Å². The monoisotopic (exact) mass is 178 g/mol. The number of fused-ring (bicyclic) bond motifs is 1. The minimum atomic E-state index is 0.757. The molecule has 3 nitrogen and oxygen atoms in total. The molecular formula is C10H14N2O. The first-order valence-corrected chi connectivity index (χ1v) is 4.45. The summed E-state index contributed by atoms with van der Waals surface area (Å²) in [5, 5.41) is 0. The average Bonchev–Trinajstić information content (AvgIpc) is 2.25. The summed E-state index contributed by atoms with van der Waals surface area (Å²) >= 11 is 0. The van der Waals surface area contributed by atoms with E-state index in [0.717, 1.165) is 31.1 Å². The highest BCUT2D eigenvalue weighted by Crippen LogP contribution is 2.24. The van der Waals surface area contributed by atoms with Crippen molar-refractivity contribution in [2.75, 3.05) is 25.9 Å². The Morgan fingerprint density at radius 2 is 2.31 bits per heavy atom. The van der Waals surface area contributed by atoms with E-state index in [1.807, 2.05) is 18.2 Å². The fraction of sp³-hybridized carbons (Fsp3) is 0.400. The maximum absolute atomic E-state index is 5.70. The van der Waals surface area contributed by atoms with E-state index in [1.165, 1.54) is 5.56 Å². The van der Waals surface area contributed by atoms with Gasteiger partial charge in [0.1, 0.15) is 12.4 Å². The summed E-state index contributed by atoms with van der Waals surface area (Å²) in [5.74, 6) is 0.971. The SMILES string of the molecule is CN1CCOc2ccc(N)cc2C1. The Balaban J connectivity index is 2.35. The van der Waals surface area contributed by atoms with Gasteiger partial charge in [-0.2, -0.15) is 0 Å². The van der Waals surface area contributed by atoms with Gasteiger partial charge in [-0.25, -0.2) is 0 Å². The Labute approximate surface area is 78.1 Å². The van der Waals surface area contributed by atoms with Gasteiger partial charge in [-0.1, -0.05) is 0 Å². The van der Waals surface area contributed by atoms with Crippen LogP contribution in [-0.4, -0.2) is 25.1 Å². The van der Waals surface area contributed by atoms with Crippen molar-refractivity contribution >= 4 is 5.69 Å². The van der Waals surface area contributed by atoms with Crippen molar-refractivity contribution in [3.05, 3.63) is 23.8 Å². The van der Waals surface area contributed by atoms with Crippen LogP contribution in [0.1, 0.15) is 5.56 Å². The maximum Gasteiger partial charge on any atom is 0.124 e. The number of nitrogen functional groups attached to an aromatic ring is 1. The number of benzene rings is 1. The Morgan fingerprint density at radius 3 is 3.15 bits per heavy atom. The van der Waals surface area contributed by atoms with Gasteiger partial charge >= 0.3 is 0 Å². The third-order valence-corrected chi connectivity index (χ3v) is 2.26. The van der Waals surface area contributed by atoms with E-state index in [4.69, 9.17) is 10.5 Å². The minimum absolute atomic E-state index is 0.757. The molecule has 1 aliphatic heterocycles. The summed E-state index contributed by atoms with van der Waals surface area (Å²) in [4.78, 5) is 2.23. The molecule has 0 radical (unpaired) electrons. The molecule has 0 atom stereocenters. The van der Waals surface area contributed by atoms with Crippen LogP contribution >= 0.6 is 0 Å². The molecule has 0 aromatic heterocycles. The van der Waals surface area contributed by atoms with Crippen LogP contribution in [0.5, 0.6) is 5.75 Å². The van der Waals surface area contributed by atoms with Crippen LogP contribution in [0.4, 0.5) is 5.69 Å². The summed E-state index contributed by atoms with van der Waals surface area (Å²) in [6.07, 6.45) is 0. The lowest BCUT2D eigenvalue weighted by molar-refractivity contribution is 0.259. The molecule has 70 valence electrons. The van der Waals surface area contributed by atoms with Gasteiger partial charge in [-0.05, 0) is 25.2 Å². The zero-order valence-corrected chi connectivity index (χ0v) is 7.79. The molecule has 1 aliphatic rings. The summed E-state index contributed by atoms with van der Waals surface area (Å²) in [6, 6.07) is 5.81. The Morgan fingerprint density at radius 1 is 1.46 bits per heavy atom. The normalized spacial score (nSPS) is 17.3. The van der Waals surface area contributed by atoms with Gasteiger partial charge in [0.2, 0.25) is 0 Å². The number of hydrogen-bond acceptors (Lipinski definition) is 3. The minimum Gasteiger partial charge on any atom is -0.492 e. The predicted molar refractivity (Wildman–Crippen MR) is 52.7 cm³/mol. The van der Waals surface area contributed by atoms with E-state index in [2.05, 4.69) is 11.9 Å². The lowest BCUT2D eigenvalue weighted by Gasteiger charge is -2.11. The number of ether oxygens (including phenoxy) is 1. The Kier molecular flexibility index (Phi) is 2.10. The standard InChI is InChI=1S/C10H14N2O/c1-12-4-5-13-10-3-2-9(11)6-8(10)7-12/h2-3,6H,4-5,7,11H2,1H3. The largest absolute Gasteiger partial charge is 0.492 e. The number of anilines is 1. The second kappa shape index (κ2) is 3.26. The van der Waals surface area contributed by atoms with Crippen LogP contribution in [0.15, 0.2) is 18.2 Å². The number of rotatable bonds is 0. The van der Waals surface area contributed by atoms with E-state index in [-0.39, 0.29) is 0 Å². The second-order valence-electron chi connectivity index (χ2n) is 3.45. The van der Waals surface area contributed by atoms with Crippen LogP contribution < -0.4 is 10.5 Å². The van der Waals surface area contributed by atoms with E-state index in [9.17, 15) is 0 Å². The van der Waals surface area contributed by atoms with Gasteiger partial charge in [0.25, 0.3) is 0 Å². The van der Waals surface area contributed by atoms with Crippen molar-refractivity contribution < 1.29 is 4.74 Å². The summed E-state index contributed by atoms with van der Waals surface area (Å²) in [5.41, 5.74) is 7.69. The van der Waals surface area contributed by atoms with Crippen molar-refractivity contribution in [1.82, 2.24) is 4.90 Å². The third kappa shape index (κ3) is 1.75. The first-order valence-electron chi connectivity index (χ1n) is 4.45. The highest BCUT2D eigenvalue weighted by molar-refractivity contribution is 5.48.